The zero-order valence-corrected chi connectivity index (χ0v) is 13.2. The van der Waals surface area contributed by atoms with Crippen LogP contribution in [0, 0.1) is 0 Å². The summed E-state index contributed by atoms with van der Waals surface area (Å²) in [6, 6.07) is 5.57. The molecule has 5 heteroatoms. The molecule has 0 fully saturated rings. The second kappa shape index (κ2) is 8.17. The minimum Gasteiger partial charge on any atom is -0.497 e. The molecule has 0 saturated carbocycles. The third-order valence-electron chi connectivity index (χ3n) is 2.79. The zero-order chi connectivity index (χ0) is 14.3. The van der Waals surface area contributed by atoms with E-state index in [1.54, 1.807) is 7.11 Å². The monoisotopic (exact) mass is 328 g/mol. The summed E-state index contributed by atoms with van der Waals surface area (Å²) in [5.41, 5.74) is 1.06. The highest BCUT2D eigenvalue weighted by molar-refractivity contribution is 9.10. The number of halogens is 1. The highest BCUT2D eigenvalue weighted by atomic mass is 79.9. The summed E-state index contributed by atoms with van der Waals surface area (Å²) in [4.78, 5) is 11.7. The van der Waals surface area contributed by atoms with Crippen LogP contribution in [0.5, 0.6) is 5.75 Å². The van der Waals surface area contributed by atoms with Gasteiger partial charge in [0.2, 0.25) is 5.91 Å². The first-order valence-electron chi connectivity index (χ1n) is 6.42. The number of hydrogen-bond donors (Lipinski definition) is 2. The summed E-state index contributed by atoms with van der Waals surface area (Å²) in [5, 5.41) is 6.07. The molecule has 0 aliphatic heterocycles. The third-order valence-corrected chi connectivity index (χ3v) is 3.57. The summed E-state index contributed by atoms with van der Waals surface area (Å²) in [5.74, 6) is 0.837. The molecule has 0 bridgehead atoms. The number of rotatable bonds is 7. The highest BCUT2D eigenvalue weighted by Crippen LogP contribution is 2.22. The maximum atomic E-state index is 11.7. The molecular weight excluding hydrogens is 308 g/mol. The molecule has 0 heterocycles. The van der Waals surface area contributed by atoms with Gasteiger partial charge in [-0.15, -0.1) is 0 Å². The average molecular weight is 329 g/mol. The zero-order valence-electron chi connectivity index (χ0n) is 11.6. The molecule has 1 aromatic rings. The molecule has 0 aromatic heterocycles. The van der Waals surface area contributed by atoms with Crippen LogP contribution in [0.15, 0.2) is 22.7 Å². The van der Waals surface area contributed by atoms with Crippen LogP contribution in [0.2, 0.25) is 0 Å². The molecule has 1 amide bonds. The van der Waals surface area contributed by atoms with Crippen molar-refractivity contribution in [1.29, 1.82) is 0 Å². The third kappa shape index (κ3) is 5.20. The predicted molar refractivity (Wildman–Crippen MR) is 80.3 cm³/mol. The molecule has 0 spiro atoms. The molecule has 4 nitrogen and oxygen atoms in total. The van der Waals surface area contributed by atoms with Crippen LogP contribution in [-0.2, 0) is 11.3 Å². The van der Waals surface area contributed by atoms with Crippen molar-refractivity contribution >= 4 is 21.8 Å². The van der Waals surface area contributed by atoms with E-state index in [0.717, 1.165) is 22.2 Å². The topological polar surface area (TPSA) is 50.4 Å². The number of nitrogens with one attached hydrogen (secondary N) is 2. The Bertz CT molecular complexity index is 424. The van der Waals surface area contributed by atoms with Crippen molar-refractivity contribution in [3.05, 3.63) is 28.2 Å². The second-order valence-electron chi connectivity index (χ2n) is 4.35. The Morgan fingerprint density at radius 1 is 1.47 bits per heavy atom. The van der Waals surface area contributed by atoms with E-state index in [0.29, 0.717) is 13.1 Å². The number of carbonyl (C=O) groups excluding carboxylic acids is 1. The van der Waals surface area contributed by atoms with Crippen molar-refractivity contribution in [1.82, 2.24) is 10.6 Å². The summed E-state index contributed by atoms with van der Waals surface area (Å²) in [6.45, 7) is 5.22. The van der Waals surface area contributed by atoms with Crippen LogP contribution in [0.3, 0.4) is 0 Å². The molecule has 1 rings (SSSR count). The fourth-order valence-electron chi connectivity index (χ4n) is 1.57. The van der Waals surface area contributed by atoms with E-state index >= 15 is 0 Å². The number of methoxy groups -OCH3 is 1. The largest absolute Gasteiger partial charge is 0.497 e. The Morgan fingerprint density at radius 3 is 2.84 bits per heavy atom. The molecule has 106 valence electrons. The Labute approximate surface area is 123 Å². The lowest BCUT2D eigenvalue weighted by Gasteiger charge is -2.15. The van der Waals surface area contributed by atoms with Gasteiger partial charge < -0.3 is 15.4 Å². The van der Waals surface area contributed by atoms with Crippen molar-refractivity contribution in [2.75, 3.05) is 13.7 Å². The SMILES string of the molecule is CCCNC(=O)C(C)NCc1cc(OC)ccc1Br. The van der Waals surface area contributed by atoms with E-state index in [1.165, 1.54) is 0 Å². The minimum atomic E-state index is -0.218. The quantitative estimate of drug-likeness (QED) is 0.808. The fraction of sp³-hybridized carbons (Fsp3) is 0.500. The Balaban J connectivity index is 2.54. The van der Waals surface area contributed by atoms with Gasteiger partial charge in [0.15, 0.2) is 0 Å². The van der Waals surface area contributed by atoms with Crippen LogP contribution in [0.4, 0.5) is 0 Å². The van der Waals surface area contributed by atoms with Gasteiger partial charge in [0.05, 0.1) is 13.2 Å². The molecule has 2 N–H and O–H groups in total. The lowest BCUT2D eigenvalue weighted by molar-refractivity contribution is -0.122. The van der Waals surface area contributed by atoms with E-state index in [9.17, 15) is 4.79 Å². The number of benzene rings is 1. The maximum Gasteiger partial charge on any atom is 0.236 e. The van der Waals surface area contributed by atoms with Crippen LogP contribution < -0.4 is 15.4 Å². The molecular formula is C14H21BrN2O2. The summed E-state index contributed by atoms with van der Waals surface area (Å²) in [7, 11) is 1.64. The van der Waals surface area contributed by atoms with Crippen molar-refractivity contribution in [2.24, 2.45) is 0 Å². The lowest BCUT2D eigenvalue weighted by atomic mass is 10.2. The van der Waals surface area contributed by atoms with Gasteiger partial charge >= 0.3 is 0 Å². The van der Waals surface area contributed by atoms with Gasteiger partial charge in [0.1, 0.15) is 5.75 Å². The molecule has 1 atom stereocenters. The Kier molecular flexibility index (Phi) is 6.87. The van der Waals surface area contributed by atoms with Crippen LogP contribution in [0.1, 0.15) is 25.8 Å². The number of amides is 1. The van der Waals surface area contributed by atoms with Gasteiger partial charge in [-0.2, -0.15) is 0 Å². The minimum absolute atomic E-state index is 0.0286. The first-order chi connectivity index (χ1) is 9.08. The van der Waals surface area contributed by atoms with E-state index in [2.05, 4.69) is 26.6 Å². The smallest absolute Gasteiger partial charge is 0.236 e. The number of hydrogen-bond acceptors (Lipinski definition) is 3. The lowest BCUT2D eigenvalue weighted by Crippen LogP contribution is -2.42. The van der Waals surface area contributed by atoms with Gasteiger partial charge in [0.25, 0.3) is 0 Å². The maximum absolute atomic E-state index is 11.7. The number of ether oxygens (including phenoxy) is 1. The van der Waals surface area contributed by atoms with Crippen LogP contribution in [-0.4, -0.2) is 25.6 Å². The van der Waals surface area contributed by atoms with Gasteiger partial charge in [-0.05, 0) is 37.1 Å². The fourth-order valence-corrected chi connectivity index (χ4v) is 1.96. The van der Waals surface area contributed by atoms with Crippen LogP contribution in [0.25, 0.3) is 0 Å². The van der Waals surface area contributed by atoms with Gasteiger partial charge in [-0.1, -0.05) is 22.9 Å². The molecule has 0 aliphatic carbocycles. The average Bonchev–Trinajstić information content (AvgIpc) is 2.43. The van der Waals surface area contributed by atoms with E-state index in [-0.39, 0.29) is 11.9 Å². The van der Waals surface area contributed by atoms with Crippen molar-refractivity contribution < 1.29 is 9.53 Å². The van der Waals surface area contributed by atoms with E-state index in [1.807, 2.05) is 32.0 Å². The molecule has 19 heavy (non-hydrogen) atoms. The molecule has 1 aromatic carbocycles. The molecule has 1 unspecified atom stereocenters. The van der Waals surface area contributed by atoms with E-state index < -0.39 is 0 Å². The normalized spacial score (nSPS) is 12.0. The van der Waals surface area contributed by atoms with E-state index in [4.69, 9.17) is 4.74 Å². The van der Waals surface area contributed by atoms with Gasteiger partial charge in [-0.25, -0.2) is 0 Å². The first kappa shape index (κ1) is 16.0. The van der Waals surface area contributed by atoms with Crippen molar-refractivity contribution in [3.63, 3.8) is 0 Å². The van der Waals surface area contributed by atoms with Gasteiger partial charge in [0, 0.05) is 17.6 Å². The van der Waals surface area contributed by atoms with Crippen molar-refractivity contribution in [3.8, 4) is 5.75 Å². The Morgan fingerprint density at radius 2 is 2.21 bits per heavy atom. The first-order valence-corrected chi connectivity index (χ1v) is 7.21. The standard InChI is InChI=1S/C14H21BrN2O2/c1-4-7-16-14(18)10(2)17-9-11-8-12(19-3)5-6-13(11)15/h5-6,8,10,17H,4,7,9H2,1-3H3,(H,16,18). The van der Waals surface area contributed by atoms with Crippen LogP contribution >= 0.6 is 15.9 Å². The molecule has 0 aliphatic rings. The molecule has 0 radical (unpaired) electrons. The summed E-state index contributed by atoms with van der Waals surface area (Å²) in [6.07, 6.45) is 0.944. The summed E-state index contributed by atoms with van der Waals surface area (Å²) < 4.78 is 6.19. The second-order valence-corrected chi connectivity index (χ2v) is 5.21. The van der Waals surface area contributed by atoms with Crippen molar-refractivity contribution in [2.45, 2.75) is 32.9 Å². The van der Waals surface area contributed by atoms with Gasteiger partial charge in [-0.3, -0.25) is 4.79 Å². The summed E-state index contributed by atoms with van der Waals surface area (Å²) >= 11 is 3.49. The number of carbonyl (C=O) groups is 1. The Hall–Kier alpha value is -1.07. The molecule has 0 saturated heterocycles. The highest BCUT2D eigenvalue weighted by Gasteiger charge is 2.12. The predicted octanol–water partition coefficient (Wildman–Crippen LogP) is 2.46.